The van der Waals surface area contributed by atoms with Crippen molar-refractivity contribution in [1.29, 1.82) is 0 Å². The first-order chi connectivity index (χ1) is 14.2. The van der Waals surface area contributed by atoms with Crippen LogP contribution in [0.25, 0.3) is 22.0 Å². The van der Waals surface area contributed by atoms with Gasteiger partial charge in [0, 0.05) is 36.3 Å². The molecule has 29 heavy (non-hydrogen) atoms. The number of aromatic nitrogens is 4. The minimum Gasteiger partial charge on any atom is -0.285 e. The molecule has 1 unspecified atom stereocenters. The van der Waals surface area contributed by atoms with Crippen molar-refractivity contribution in [1.82, 2.24) is 24.3 Å². The van der Waals surface area contributed by atoms with E-state index >= 15 is 0 Å². The van der Waals surface area contributed by atoms with Gasteiger partial charge >= 0.3 is 0 Å². The molecule has 0 spiro atoms. The number of aromatic amines is 1. The fourth-order valence-corrected chi connectivity index (χ4v) is 5.18. The second-order valence-electron chi connectivity index (χ2n) is 7.66. The van der Waals surface area contributed by atoms with Crippen LogP contribution in [0.2, 0.25) is 0 Å². The van der Waals surface area contributed by atoms with Gasteiger partial charge in [-0.3, -0.25) is 9.78 Å². The smallest absolute Gasteiger partial charge is 0.138 e. The third kappa shape index (κ3) is 3.68. The third-order valence-electron chi connectivity index (χ3n) is 5.56. The molecule has 7 heteroatoms. The van der Waals surface area contributed by atoms with E-state index in [1.807, 2.05) is 30.7 Å². The van der Waals surface area contributed by atoms with Crippen LogP contribution in [0.4, 0.5) is 4.39 Å². The maximum absolute atomic E-state index is 14.0. The fourth-order valence-electron chi connectivity index (χ4n) is 4.08. The average Bonchev–Trinajstić information content (AvgIpc) is 3.45. The van der Waals surface area contributed by atoms with Crippen LogP contribution in [-0.4, -0.2) is 36.9 Å². The number of halogens is 1. The van der Waals surface area contributed by atoms with Crippen LogP contribution in [-0.2, 0) is 6.54 Å². The summed E-state index contributed by atoms with van der Waals surface area (Å²) in [4.78, 5) is 0.691. The van der Waals surface area contributed by atoms with Crippen LogP contribution in [0.1, 0.15) is 13.3 Å². The van der Waals surface area contributed by atoms with Gasteiger partial charge in [-0.1, -0.05) is 18.2 Å². The lowest BCUT2D eigenvalue weighted by Gasteiger charge is -2.19. The van der Waals surface area contributed by atoms with Crippen molar-refractivity contribution >= 4 is 22.9 Å². The van der Waals surface area contributed by atoms with Gasteiger partial charge < -0.3 is 0 Å². The molecule has 0 radical (unpaired) electrons. The molecule has 0 bridgehead atoms. The van der Waals surface area contributed by atoms with Gasteiger partial charge in [-0.05, 0) is 61.0 Å². The molecular formula is C22H22FN5S. The van der Waals surface area contributed by atoms with E-state index in [2.05, 4.69) is 49.4 Å². The molecule has 1 aliphatic rings. The maximum atomic E-state index is 14.0. The lowest BCUT2D eigenvalue weighted by Crippen LogP contribution is -2.20. The van der Waals surface area contributed by atoms with Crippen molar-refractivity contribution in [2.24, 2.45) is 5.92 Å². The lowest BCUT2D eigenvalue weighted by molar-refractivity contribution is 0.434. The molecule has 0 saturated carbocycles. The van der Waals surface area contributed by atoms with Gasteiger partial charge in [-0.15, -0.1) is 0 Å². The molecule has 1 N–H and O–H groups in total. The van der Waals surface area contributed by atoms with Gasteiger partial charge in [-0.2, -0.15) is 10.2 Å². The number of hydrogen-bond acceptors (Lipinski definition) is 4. The first-order valence-electron chi connectivity index (χ1n) is 9.81. The zero-order valence-electron chi connectivity index (χ0n) is 16.1. The summed E-state index contributed by atoms with van der Waals surface area (Å²) >= 11 is 1.53. The Labute approximate surface area is 173 Å². The largest absolute Gasteiger partial charge is 0.285 e. The molecule has 5 rings (SSSR count). The van der Waals surface area contributed by atoms with E-state index in [1.165, 1.54) is 18.0 Å². The van der Waals surface area contributed by atoms with Gasteiger partial charge in [0.15, 0.2) is 0 Å². The third-order valence-corrected chi connectivity index (χ3v) is 6.83. The quantitative estimate of drug-likeness (QED) is 0.474. The maximum Gasteiger partial charge on any atom is 0.138 e. The lowest BCUT2D eigenvalue weighted by atomic mass is 10.1. The van der Waals surface area contributed by atoms with Crippen LogP contribution in [0.5, 0.6) is 0 Å². The molecule has 0 amide bonds. The van der Waals surface area contributed by atoms with E-state index in [1.54, 1.807) is 6.07 Å². The minimum absolute atomic E-state index is 0.153. The normalized spacial score (nSPS) is 19.9. The highest BCUT2D eigenvalue weighted by atomic mass is 32.2. The van der Waals surface area contributed by atoms with Gasteiger partial charge in [0.2, 0.25) is 0 Å². The summed E-state index contributed by atoms with van der Waals surface area (Å²) in [6, 6.07) is 13.8. The summed E-state index contributed by atoms with van der Waals surface area (Å²) in [5.74, 6) is 0.334. The predicted octanol–water partition coefficient (Wildman–Crippen LogP) is 4.98. The van der Waals surface area contributed by atoms with Crippen LogP contribution in [0, 0.1) is 11.7 Å². The Morgan fingerprint density at radius 1 is 1.17 bits per heavy atom. The zero-order chi connectivity index (χ0) is 19.8. The number of H-pyrrole nitrogens is 1. The van der Waals surface area contributed by atoms with Crippen molar-refractivity contribution in [2.75, 3.05) is 6.54 Å². The molecule has 2 aromatic heterocycles. The average molecular weight is 408 g/mol. The Hall–Kier alpha value is -2.64. The molecule has 1 fully saturated rings. The molecule has 2 aromatic carbocycles. The van der Waals surface area contributed by atoms with Gasteiger partial charge in [0.25, 0.3) is 0 Å². The van der Waals surface area contributed by atoms with Crippen molar-refractivity contribution in [3.05, 3.63) is 66.9 Å². The first-order valence-corrected chi connectivity index (χ1v) is 10.6. The highest BCUT2D eigenvalue weighted by Crippen LogP contribution is 2.35. The highest BCUT2D eigenvalue weighted by Gasteiger charge is 2.31. The van der Waals surface area contributed by atoms with Gasteiger partial charge in [0.05, 0.1) is 22.8 Å². The molecule has 2 atom stereocenters. The minimum atomic E-state index is -0.153. The molecule has 1 saturated heterocycles. The van der Waals surface area contributed by atoms with Crippen LogP contribution < -0.4 is 0 Å². The SMILES string of the molecule is C[C@@H]1CC(Cn2ncc3cc(-c4cn[nH]c4)ccc32)CN1Sc1ccccc1F. The molecular weight excluding hydrogens is 385 g/mol. The van der Waals surface area contributed by atoms with E-state index in [0.717, 1.165) is 41.5 Å². The number of benzene rings is 2. The summed E-state index contributed by atoms with van der Waals surface area (Å²) in [6.07, 6.45) is 6.74. The van der Waals surface area contributed by atoms with Gasteiger partial charge in [0.1, 0.15) is 5.82 Å². The van der Waals surface area contributed by atoms with Crippen LogP contribution in [0.15, 0.2) is 66.0 Å². The second-order valence-corrected chi connectivity index (χ2v) is 8.75. The number of fused-ring (bicyclic) bond motifs is 1. The topological polar surface area (TPSA) is 49.7 Å². The number of rotatable bonds is 5. The zero-order valence-corrected chi connectivity index (χ0v) is 16.9. The van der Waals surface area contributed by atoms with Crippen molar-refractivity contribution in [3.8, 4) is 11.1 Å². The first kappa shape index (κ1) is 18.4. The monoisotopic (exact) mass is 407 g/mol. The number of hydrogen-bond donors (Lipinski definition) is 1. The van der Waals surface area contributed by atoms with Gasteiger partial charge in [-0.25, -0.2) is 8.70 Å². The summed E-state index contributed by atoms with van der Waals surface area (Å²) in [5.41, 5.74) is 3.35. The fraction of sp³-hybridized carbons (Fsp3) is 0.273. The van der Waals surface area contributed by atoms with Crippen LogP contribution >= 0.6 is 11.9 Å². The summed E-state index contributed by atoms with van der Waals surface area (Å²) < 4.78 is 18.4. The Kier molecular flexibility index (Phi) is 4.85. The van der Waals surface area contributed by atoms with E-state index in [-0.39, 0.29) is 5.82 Å². The highest BCUT2D eigenvalue weighted by molar-refractivity contribution is 7.97. The summed E-state index contributed by atoms with van der Waals surface area (Å²) in [6.45, 7) is 4.01. The Bertz CT molecular complexity index is 1120. The standard InChI is InChI=1S/C22H22FN5S/c1-15-8-16(14-28(15)29-22-5-3-2-4-20(22)23)13-27-21-7-6-17(9-18(21)12-26-27)19-10-24-25-11-19/h2-7,9-12,15-16H,8,13-14H2,1H3,(H,24,25)/t15-,16?/m1/s1. The second kappa shape index (κ2) is 7.65. The molecule has 148 valence electrons. The van der Waals surface area contributed by atoms with E-state index in [4.69, 9.17) is 0 Å². The number of nitrogens with one attached hydrogen (secondary N) is 1. The molecule has 3 heterocycles. The number of nitrogens with zero attached hydrogens (tertiary/aromatic N) is 4. The summed E-state index contributed by atoms with van der Waals surface area (Å²) in [7, 11) is 0. The molecule has 4 aromatic rings. The van der Waals surface area contributed by atoms with Crippen molar-refractivity contribution < 1.29 is 4.39 Å². The van der Waals surface area contributed by atoms with E-state index < -0.39 is 0 Å². The Morgan fingerprint density at radius 2 is 2.07 bits per heavy atom. The summed E-state index contributed by atoms with van der Waals surface area (Å²) in [5, 5.41) is 12.7. The van der Waals surface area contributed by atoms with E-state index in [9.17, 15) is 4.39 Å². The Morgan fingerprint density at radius 3 is 2.90 bits per heavy atom. The van der Waals surface area contributed by atoms with E-state index in [0.29, 0.717) is 16.9 Å². The Balaban J connectivity index is 1.30. The molecule has 1 aliphatic heterocycles. The molecule has 0 aliphatic carbocycles. The molecule has 5 nitrogen and oxygen atoms in total. The predicted molar refractivity (Wildman–Crippen MR) is 114 cm³/mol. The van der Waals surface area contributed by atoms with Crippen LogP contribution in [0.3, 0.4) is 0 Å². The van der Waals surface area contributed by atoms with Crippen molar-refractivity contribution in [2.45, 2.75) is 30.8 Å². The van der Waals surface area contributed by atoms with Crippen molar-refractivity contribution in [3.63, 3.8) is 0 Å².